The Balaban J connectivity index is 3.59. The number of aliphatic hydroxyl groups excluding tert-OH is 2. The number of likely N-dealkylation sites (tertiary alicyclic amines) is 1. The Labute approximate surface area is 658 Å². The molecule has 1 rings (SSSR count). The third kappa shape index (κ3) is 39.3. The van der Waals surface area contributed by atoms with Crippen LogP contribution in [0.1, 0.15) is 144 Å². The molecule has 49 nitrogen and oxygen atoms in total. The number of primary amides is 3. The van der Waals surface area contributed by atoms with Crippen LogP contribution in [-0.2, 0) is 101 Å². The number of aliphatic carboxylic acids is 4. The molecule has 1 heterocycles. The molecule has 1 saturated heterocycles. The number of hydrogen-bond donors (Lipinski definition) is 26. The third-order valence-electron chi connectivity index (χ3n) is 16.9. The predicted molar refractivity (Wildman–Crippen MR) is 396 cm³/mol. The Morgan fingerprint density at radius 3 is 1.31 bits per heavy atom. The van der Waals surface area contributed by atoms with Gasteiger partial charge < -0.3 is 145 Å². The Hall–Kier alpha value is -12.0. The first-order valence-electron chi connectivity index (χ1n) is 36.4. The van der Waals surface area contributed by atoms with Crippen LogP contribution in [0.25, 0.3) is 0 Å². The zero-order chi connectivity index (χ0) is 87.7. The van der Waals surface area contributed by atoms with Crippen molar-refractivity contribution in [3.8, 4) is 0 Å². The molecule has 49 heteroatoms. The summed E-state index contributed by atoms with van der Waals surface area (Å²) in [6.07, 6.45) is -7.72. The Kier molecular flexibility index (Phi) is 45.3. The molecule has 17 amide bonds. The van der Waals surface area contributed by atoms with Crippen molar-refractivity contribution in [1.82, 2.24) is 74.0 Å². The van der Waals surface area contributed by atoms with Crippen LogP contribution in [0.2, 0.25) is 0 Å². The Bertz CT molecular complexity index is 3510. The van der Waals surface area contributed by atoms with E-state index < -0.39 is 286 Å². The van der Waals surface area contributed by atoms with Gasteiger partial charge in [0, 0.05) is 25.9 Å². The summed E-state index contributed by atoms with van der Waals surface area (Å²) in [5, 5.41) is 86.4. The molecule has 1 fully saturated rings. The van der Waals surface area contributed by atoms with Gasteiger partial charge in [-0.3, -0.25) is 101 Å². The molecule has 0 unspecified atom stereocenters. The molecule has 0 saturated carbocycles. The summed E-state index contributed by atoms with van der Waals surface area (Å²) < 4.78 is 0. The average molecular weight is 1640 g/mol. The van der Waals surface area contributed by atoms with Gasteiger partial charge in [-0.1, -0.05) is 27.7 Å². The van der Waals surface area contributed by atoms with Crippen LogP contribution in [-0.4, -0.2) is 290 Å². The van der Waals surface area contributed by atoms with E-state index in [0.29, 0.717) is 0 Å². The van der Waals surface area contributed by atoms with Gasteiger partial charge in [-0.15, -0.1) is 0 Å². The minimum atomic E-state index is -2.17. The van der Waals surface area contributed by atoms with E-state index in [0.717, 1.165) is 11.8 Å². The smallest absolute Gasteiger partial charge is 0.326 e. The van der Waals surface area contributed by atoms with Gasteiger partial charge in [0.1, 0.15) is 84.6 Å². The summed E-state index contributed by atoms with van der Waals surface area (Å²) in [6.45, 7) is 4.41. The van der Waals surface area contributed by atoms with Crippen molar-refractivity contribution in [2.45, 2.75) is 228 Å². The number of nitrogens with one attached hydrogen (secondary N) is 13. The number of carbonyl (C=O) groups excluding carboxylic acids is 17. The van der Waals surface area contributed by atoms with Crippen molar-refractivity contribution in [3.05, 3.63) is 0 Å². The van der Waals surface area contributed by atoms with E-state index in [4.69, 9.17) is 45.2 Å². The topological polar surface area (TPSA) is 834 Å². The van der Waals surface area contributed by atoms with Crippen molar-refractivity contribution in [3.63, 3.8) is 0 Å². The highest BCUT2D eigenvalue weighted by molar-refractivity contribution is 6.02. The number of nitrogens with zero attached hydrogens (tertiary/aromatic N) is 2. The molecule has 0 aromatic rings. The molecular weight excluding hydrogens is 1530 g/mol. The lowest BCUT2D eigenvalue weighted by Gasteiger charge is -2.30. The SMILES string of the molecule is CC(C)C[C@H](NC(=O)[C@H](CC(N)=O)NC(=O)[C@H](CC(C)C)NC(=O)[C@@H](N)CO)C(=O)N[C@@H](CCC(N)=O)C(=O)N[C@@H](CCCCN)C(=O)N[C@@H](CC(=O)O)C(=O)N[C@@H](CCC(=O)O)C(=O)N1CCC[C@H]1C(=O)N[C@@H](CC(N)=O)C(=O)NCC(=O)N[C@@H](CCCN=C(N)N)C(=O)N[C@@H](C)C(=O)N[C@@H](CO)C(=O)N[C@@H](CC(=O)O)C(=O)O. The number of carboxylic acid groups (broad SMARTS) is 4. The van der Waals surface area contributed by atoms with E-state index in [2.05, 4.69) is 68.8 Å². The monoisotopic (exact) mass is 1640 g/mol. The second-order valence-electron chi connectivity index (χ2n) is 27.6. The van der Waals surface area contributed by atoms with Crippen molar-refractivity contribution >= 4 is 130 Å². The molecule has 0 spiro atoms. The van der Waals surface area contributed by atoms with Gasteiger partial charge in [0.15, 0.2) is 5.96 Å². The van der Waals surface area contributed by atoms with Crippen LogP contribution in [0, 0.1) is 11.8 Å². The number of aliphatic imine (C=N–C) groups is 1. The number of aliphatic hydroxyl groups is 2. The second-order valence-corrected chi connectivity index (χ2v) is 27.6. The molecule has 0 aromatic heterocycles. The fourth-order valence-corrected chi connectivity index (χ4v) is 11.0. The molecule has 1 aliphatic rings. The molecule has 14 atom stereocenters. The predicted octanol–water partition coefficient (Wildman–Crippen LogP) is -12.6. The van der Waals surface area contributed by atoms with Crippen molar-refractivity contribution in [2.24, 2.45) is 57.0 Å². The zero-order valence-electron chi connectivity index (χ0n) is 64.2. The lowest BCUT2D eigenvalue weighted by molar-refractivity contribution is -0.147. The van der Waals surface area contributed by atoms with Crippen molar-refractivity contribution < 1.29 is 131 Å². The van der Waals surface area contributed by atoms with Crippen LogP contribution >= 0.6 is 0 Å². The van der Waals surface area contributed by atoms with Crippen molar-refractivity contribution in [1.29, 1.82) is 0 Å². The van der Waals surface area contributed by atoms with Gasteiger partial charge >= 0.3 is 23.9 Å². The number of carboxylic acids is 4. The number of amides is 17. The zero-order valence-corrected chi connectivity index (χ0v) is 64.2. The van der Waals surface area contributed by atoms with Gasteiger partial charge in [0.2, 0.25) is 100 Å². The van der Waals surface area contributed by atoms with E-state index in [1.165, 1.54) is 0 Å². The first-order valence-corrected chi connectivity index (χ1v) is 36.4. The summed E-state index contributed by atoms with van der Waals surface area (Å²) in [6, 6.07) is -24.3. The van der Waals surface area contributed by atoms with Crippen LogP contribution < -0.4 is 109 Å². The summed E-state index contributed by atoms with van der Waals surface area (Å²) >= 11 is 0. The van der Waals surface area contributed by atoms with Gasteiger partial charge in [0.25, 0.3) is 0 Å². The van der Waals surface area contributed by atoms with Crippen LogP contribution in [0.3, 0.4) is 0 Å². The number of hydrogen-bond acceptors (Lipinski definition) is 26. The van der Waals surface area contributed by atoms with Crippen LogP contribution in [0.5, 0.6) is 0 Å². The third-order valence-corrected chi connectivity index (χ3v) is 16.9. The number of guanidine groups is 1. The molecule has 115 heavy (non-hydrogen) atoms. The summed E-state index contributed by atoms with van der Waals surface area (Å²) in [5.41, 5.74) is 38.4. The van der Waals surface area contributed by atoms with E-state index in [-0.39, 0.29) is 89.3 Å². The maximum Gasteiger partial charge on any atom is 0.326 e. The van der Waals surface area contributed by atoms with E-state index >= 15 is 0 Å². The highest BCUT2D eigenvalue weighted by atomic mass is 16.4. The maximum absolute atomic E-state index is 14.5. The number of rotatable bonds is 56. The fraction of sp³-hybridized carbons (Fsp3) is 0.667. The molecule has 0 aromatic carbocycles. The average Bonchev–Trinajstić information content (AvgIpc) is 1.38. The van der Waals surface area contributed by atoms with E-state index in [1.807, 2.05) is 5.32 Å². The lowest BCUT2D eigenvalue weighted by Crippen LogP contribution is -2.61. The van der Waals surface area contributed by atoms with Gasteiger partial charge in [-0.2, -0.15) is 0 Å². The summed E-state index contributed by atoms with van der Waals surface area (Å²) in [5.74, 6) is -27.3. The van der Waals surface area contributed by atoms with Gasteiger partial charge in [-0.25, -0.2) is 4.79 Å². The first-order chi connectivity index (χ1) is 53.7. The number of nitrogens with two attached hydrogens (primary N) is 7. The fourth-order valence-electron chi connectivity index (χ4n) is 11.0. The lowest BCUT2D eigenvalue weighted by atomic mass is 10.00. The maximum atomic E-state index is 14.5. The highest BCUT2D eigenvalue weighted by Crippen LogP contribution is 2.21. The summed E-state index contributed by atoms with van der Waals surface area (Å²) in [7, 11) is 0. The molecule has 33 N–H and O–H groups in total. The second kappa shape index (κ2) is 51.6. The molecule has 646 valence electrons. The van der Waals surface area contributed by atoms with Crippen LogP contribution in [0.4, 0.5) is 0 Å². The number of unbranched alkanes of at least 4 members (excludes halogenated alkanes) is 1. The molecule has 0 bridgehead atoms. The Morgan fingerprint density at radius 2 is 0.835 bits per heavy atom. The standard InChI is InChI=1S/C66H110N22O27/c1-29(2)20-37(81-53(102)32(68)27-89)59(108)83-40(23-47(71)93)60(109)82-38(21-30(3)4)58(107)79-35(13-15-45(69)91)57(106)78-34(10-6-7-17-67)56(105)84-41(24-50(97)98)61(110)80-36(14-16-49(95)96)64(113)88-19-9-12-44(88)63(112)85-39(22-46(70)92)54(103)75-26-48(94)77-33(11-8-18-74-66(72)73)55(104)76-31(5)52(101)87-43(28-90)62(111)86-42(65(114)115)25-51(99)100/h29-44,89-90H,6-28,67-68H2,1-5H3,(H2,69,91)(H2,70,92)(H2,71,93)(H,75,103)(H,76,104)(H,77,94)(H,78,106)(H,79,107)(H,80,110)(H,81,102)(H,82,109)(H,83,108)(H,84,105)(H,85,112)(H,86,111)(H,87,101)(H,95,96)(H,97,98)(H,99,100)(H,114,115)(H4,72,73,74)/t31-,32-,33-,34-,35-,36-,37-,38-,39-,40-,41-,42-,43-,44-/m0/s1. The first kappa shape index (κ1) is 101. The quantitative estimate of drug-likeness (QED) is 0.0153. The highest BCUT2D eigenvalue weighted by Gasteiger charge is 2.42. The molecule has 0 aliphatic carbocycles. The number of carbonyl (C=O) groups is 21. The largest absolute Gasteiger partial charge is 0.481 e. The molecule has 1 aliphatic heterocycles. The van der Waals surface area contributed by atoms with Gasteiger partial charge in [0.05, 0.1) is 45.4 Å². The van der Waals surface area contributed by atoms with Crippen molar-refractivity contribution in [2.75, 3.05) is 39.4 Å². The minimum absolute atomic E-state index is 0.0244. The summed E-state index contributed by atoms with van der Waals surface area (Å²) in [4.78, 5) is 281. The normalized spacial score (nSPS) is 15.7. The Morgan fingerprint density at radius 1 is 0.417 bits per heavy atom. The van der Waals surface area contributed by atoms with Gasteiger partial charge in [-0.05, 0) is 95.9 Å². The van der Waals surface area contributed by atoms with E-state index in [9.17, 15) is 126 Å². The molecular formula is C66H110N22O27. The minimum Gasteiger partial charge on any atom is -0.481 e. The van der Waals surface area contributed by atoms with E-state index in [1.54, 1.807) is 27.7 Å². The van der Waals surface area contributed by atoms with Crippen LogP contribution in [0.15, 0.2) is 4.99 Å². The molecule has 0 radical (unpaired) electrons.